The third-order valence-electron chi connectivity index (χ3n) is 6.98. The molecule has 0 spiro atoms. The van der Waals surface area contributed by atoms with Crippen molar-refractivity contribution in [3.05, 3.63) is 83.7 Å². The van der Waals surface area contributed by atoms with Gasteiger partial charge in [-0.25, -0.2) is 0 Å². The second kappa shape index (κ2) is 12.2. The number of rotatable bonds is 8. The molecule has 2 heterocycles. The lowest BCUT2D eigenvalue weighted by molar-refractivity contribution is -0.143. The van der Waals surface area contributed by atoms with E-state index in [1.54, 1.807) is 12.1 Å². The average molecular weight is 541 g/mol. The van der Waals surface area contributed by atoms with Gasteiger partial charge in [0.25, 0.3) is 5.91 Å². The highest BCUT2D eigenvalue weighted by Gasteiger charge is 2.35. The topological polar surface area (TPSA) is 83.4 Å². The number of nitrogens with one attached hydrogen (secondary N) is 2. The zero-order valence-corrected chi connectivity index (χ0v) is 21.6. The quantitative estimate of drug-likeness (QED) is 0.378. The molecule has 7 nitrogen and oxygen atoms in total. The number of hydrogen-bond donors (Lipinski definition) is 2. The highest BCUT2D eigenvalue weighted by Crippen LogP contribution is 2.31. The minimum atomic E-state index is -4.53. The van der Waals surface area contributed by atoms with Gasteiger partial charge in [0.2, 0.25) is 11.8 Å². The summed E-state index contributed by atoms with van der Waals surface area (Å²) in [7, 11) is 1.21. The number of halogens is 3. The first-order chi connectivity index (χ1) is 18.6. The summed E-state index contributed by atoms with van der Waals surface area (Å²) >= 11 is 0. The number of piperidine rings is 1. The van der Waals surface area contributed by atoms with Gasteiger partial charge in [0, 0.05) is 44.4 Å². The average Bonchev–Trinajstić information content (AvgIpc) is 3.32. The molecule has 1 fully saturated rings. The van der Waals surface area contributed by atoms with Crippen LogP contribution < -0.4 is 10.6 Å². The SMILES string of the molecule is Cn1c(C(=O)Nc2ccc(C3CCN(C(=O)CCCC(=O)Nc4ccccc4)CC3)cc2)ccc1C(F)(F)F. The number of para-hydroxylation sites is 1. The molecule has 3 aromatic rings. The number of carbonyl (C=O) groups excluding carboxylic acids is 3. The standard InChI is InChI=1S/C29H31F3N4O3/c1-35-24(14-15-25(35)29(30,31)32)28(39)34-23-12-10-20(11-13-23)21-16-18-36(19-17-21)27(38)9-5-8-26(37)33-22-6-3-2-4-7-22/h2-4,6-7,10-15,21H,5,8-9,16-19H2,1H3,(H,33,37)(H,34,39). The lowest BCUT2D eigenvalue weighted by Gasteiger charge is -2.32. The third kappa shape index (κ3) is 7.28. The first kappa shape index (κ1) is 27.9. The van der Waals surface area contributed by atoms with Crippen molar-refractivity contribution in [3.63, 3.8) is 0 Å². The van der Waals surface area contributed by atoms with Crippen LogP contribution in [0, 0.1) is 0 Å². The van der Waals surface area contributed by atoms with Crippen LogP contribution in [0.3, 0.4) is 0 Å². The Morgan fingerprint density at radius 2 is 1.49 bits per heavy atom. The van der Waals surface area contributed by atoms with E-state index in [1.165, 1.54) is 7.05 Å². The molecule has 1 aromatic heterocycles. The van der Waals surface area contributed by atoms with Gasteiger partial charge in [-0.15, -0.1) is 0 Å². The van der Waals surface area contributed by atoms with E-state index in [0.29, 0.717) is 31.6 Å². The Morgan fingerprint density at radius 1 is 0.846 bits per heavy atom. The molecule has 0 saturated carbocycles. The molecule has 4 rings (SSSR count). The molecule has 2 aromatic carbocycles. The van der Waals surface area contributed by atoms with Crippen molar-refractivity contribution < 1.29 is 27.6 Å². The monoisotopic (exact) mass is 540 g/mol. The zero-order valence-electron chi connectivity index (χ0n) is 21.6. The van der Waals surface area contributed by atoms with Crippen molar-refractivity contribution in [2.75, 3.05) is 23.7 Å². The first-order valence-electron chi connectivity index (χ1n) is 12.9. The van der Waals surface area contributed by atoms with E-state index in [-0.39, 0.29) is 29.8 Å². The highest BCUT2D eigenvalue weighted by molar-refractivity contribution is 6.03. The van der Waals surface area contributed by atoms with Gasteiger partial charge < -0.3 is 20.1 Å². The van der Waals surface area contributed by atoms with Crippen LogP contribution in [-0.4, -0.2) is 40.3 Å². The lowest BCUT2D eigenvalue weighted by atomic mass is 9.89. The number of hydrogen-bond acceptors (Lipinski definition) is 3. The number of alkyl halides is 3. The Hall–Kier alpha value is -4.08. The van der Waals surface area contributed by atoms with Gasteiger partial charge in [-0.3, -0.25) is 14.4 Å². The Balaban J connectivity index is 1.21. The van der Waals surface area contributed by atoms with Crippen molar-refractivity contribution in [1.29, 1.82) is 0 Å². The number of nitrogens with zero attached hydrogens (tertiary/aromatic N) is 2. The maximum absolute atomic E-state index is 13.0. The lowest BCUT2D eigenvalue weighted by Crippen LogP contribution is -2.37. The van der Waals surface area contributed by atoms with Crippen molar-refractivity contribution in [2.24, 2.45) is 7.05 Å². The summed E-state index contributed by atoms with van der Waals surface area (Å²) < 4.78 is 39.8. The fourth-order valence-corrected chi connectivity index (χ4v) is 4.82. The van der Waals surface area contributed by atoms with Crippen molar-refractivity contribution in [1.82, 2.24) is 9.47 Å². The molecule has 0 atom stereocenters. The van der Waals surface area contributed by atoms with Gasteiger partial charge in [0.1, 0.15) is 11.4 Å². The fraction of sp³-hybridized carbons (Fsp3) is 0.345. The molecule has 10 heteroatoms. The fourth-order valence-electron chi connectivity index (χ4n) is 4.82. The Labute approximate surface area is 225 Å². The van der Waals surface area contributed by atoms with Gasteiger partial charge in [-0.1, -0.05) is 30.3 Å². The second-order valence-corrected chi connectivity index (χ2v) is 9.66. The van der Waals surface area contributed by atoms with E-state index in [4.69, 9.17) is 0 Å². The van der Waals surface area contributed by atoms with Crippen LogP contribution in [0.5, 0.6) is 0 Å². The van der Waals surface area contributed by atoms with Gasteiger partial charge in [0.15, 0.2) is 0 Å². The van der Waals surface area contributed by atoms with E-state index in [9.17, 15) is 27.6 Å². The van der Waals surface area contributed by atoms with Crippen LogP contribution in [0.4, 0.5) is 24.5 Å². The Morgan fingerprint density at radius 3 is 2.10 bits per heavy atom. The summed E-state index contributed by atoms with van der Waals surface area (Å²) in [6.07, 6.45) is -1.83. The van der Waals surface area contributed by atoms with E-state index in [1.807, 2.05) is 47.4 Å². The van der Waals surface area contributed by atoms with Gasteiger partial charge in [-0.2, -0.15) is 13.2 Å². The van der Waals surface area contributed by atoms with Gasteiger partial charge in [0.05, 0.1) is 0 Å². The summed E-state index contributed by atoms with van der Waals surface area (Å²) in [6, 6.07) is 18.5. The second-order valence-electron chi connectivity index (χ2n) is 9.66. The van der Waals surface area contributed by atoms with Crippen molar-refractivity contribution in [2.45, 2.75) is 44.2 Å². The maximum atomic E-state index is 13.0. The summed E-state index contributed by atoms with van der Waals surface area (Å²) in [5.41, 5.74) is 1.34. The highest BCUT2D eigenvalue weighted by atomic mass is 19.4. The van der Waals surface area contributed by atoms with Crippen LogP contribution in [-0.2, 0) is 22.8 Å². The number of amides is 3. The van der Waals surface area contributed by atoms with Crippen molar-refractivity contribution >= 4 is 29.1 Å². The van der Waals surface area contributed by atoms with Crippen LogP contribution in [0.15, 0.2) is 66.7 Å². The molecule has 1 aliphatic rings. The largest absolute Gasteiger partial charge is 0.431 e. The normalized spacial score (nSPS) is 14.2. The van der Waals surface area contributed by atoms with Crippen molar-refractivity contribution in [3.8, 4) is 0 Å². The summed E-state index contributed by atoms with van der Waals surface area (Å²) in [5, 5.41) is 5.47. The first-order valence-corrected chi connectivity index (χ1v) is 12.9. The molecule has 39 heavy (non-hydrogen) atoms. The maximum Gasteiger partial charge on any atom is 0.431 e. The molecule has 1 aliphatic heterocycles. The van der Waals surface area contributed by atoms with Gasteiger partial charge >= 0.3 is 6.18 Å². The number of anilines is 2. The Bertz CT molecular complexity index is 1300. The summed E-state index contributed by atoms with van der Waals surface area (Å²) in [4.78, 5) is 39.0. The predicted octanol–water partition coefficient (Wildman–Crippen LogP) is 5.81. The number of carbonyl (C=O) groups is 3. The smallest absolute Gasteiger partial charge is 0.343 e. The van der Waals surface area contributed by atoms with E-state index in [0.717, 1.165) is 40.8 Å². The van der Waals surface area contributed by atoms with Crippen LogP contribution in [0.25, 0.3) is 0 Å². The Kier molecular flexibility index (Phi) is 8.73. The molecule has 3 amide bonds. The minimum Gasteiger partial charge on any atom is -0.343 e. The minimum absolute atomic E-state index is 0.0494. The number of aromatic nitrogens is 1. The molecular formula is C29H31F3N4O3. The summed E-state index contributed by atoms with van der Waals surface area (Å²) in [6.45, 7) is 1.26. The van der Waals surface area contributed by atoms with E-state index >= 15 is 0 Å². The molecule has 0 bridgehead atoms. The summed E-state index contributed by atoms with van der Waals surface area (Å²) in [5.74, 6) is -0.418. The van der Waals surface area contributed by atoms with Gasteiger partial charge in [-0.05, 0) is 67.1 Å². The molecular weight excluding hydrogens is 509 g/mol. The number of likely N-dealkylation sites (tertiary alicyclic amines) is 1. The number of benzene rings is 2. The molecule has 0 aliphatic carbocycles. The molecule has 2 N–H and O–H groups in total. The van der Waals surface area contributed by atoms with Crippen LogP contribution in [0.2, 0.25) is 0 Å². The van der Waals surface area contributed by atoms with E-state index in [2.05, 4.69) is 10.6 Å². The van der Waals surface area contributed by atoms with Crippen LogP contribution >= 0.6 is 0 Å². The third-order valence-corrected chi connectivity index (χ3v) is 6.98. The van der Waals surface area contributed by atoms with Crippen LogP contribution in [0.1, 0.15) is 59.8 Å². The molecule has 0 unspecified atom stereocenters. The molecule has 206 valence electrons. The van der Waals surface area contributed by atoms with E-state index < -0.39 is 17.8 Å². The molecule has 1 saturated heterocycles. The molecule has 0 radical (unpaired) electrons. The zero-order chi connectivity index (χ0) is 28.0. The predicted molar refractivity (Wildman–Crippen MR) is 142 cm³/mol.